The Morgan fingerprint density at radius 1 is 1.42 bits per heavy atom. The Balaban J connectivity index is 2.09. The molecule has 0 aromatic heterocycles. The number of nitrogens with one attached hydrogen (secondary N) is 1. The number of aliphatic carboxylic acids is 1. The Bertz CT molecular complexity index is 503. The lowest BCUT2D eigenvalue weighted by Crippen LogP contribution is -2.43. The molecule has 6 nitrogen and oxygen atoms in total. The molecule has 1 aromatic rings. The highest BCUT2D eigenvalue weighted by Crippen LogP contribution is 2.20. The third kappa shape index (κ3) is 3.03. The largest absolute Gasteiger partial charge is 0.480 e. The Kier molecular flexibility index (Phi) is 3.71. The van der Waals surface area contributed by atoms with E-state index in [0.29, 0.717) is 5.69 Å². The molecule has 19 heavy (non-hydrogen) atoms. The minimum atomic E-state index is -1.10. The van der Waals surface area contributed by atoms with E-state index < -0.39 is 24.1 Å². The highest BCUT2D eigenvalue weighted by molar-refractivity contribution is 5.92. The van der Waals surface area contributed by atoms with Crippen molar-refractivity contribution >= 4 is 17.7 Å². The summed E-state index contributed by atoms with van der Waals surface area (Å²) in [6.07, 6.45) is -0.722. The standard InChI is InChI=1S/C13H16N2O4/c1-8-3-2-4-9(5-8)14-13(19)15-7-10(16)6-11(15)12(17)18/h2-5,10-11,16H,6-7H2,1H3,(H,14,19)(H,17,18)/t10-,11-/m1/s1. The van der Waals surface area contributed by atoms with Crippen LogP contribution in [0, 0.1) is 6.92 Å². The Labute approximate surface area is 110 Å². The summed E-state index contributed by atoms with van der Waals surface area (Å²) in [5.74, 6) is -1.10. The van der Waals surface area contributed by atoms with Gasteiger partial charge in [0, 0.05) is 18.7 Å². The number of likely N-dealkylation sites (tertiary alicyclic amines) is 1. The molecule has 2 atom stereocenters. The monoisotopic (exact) mass is 264 g/mol. The summed E-state index contributed by atoms with van der Waals surface area (Å²) in [4.78, 5) is 24.2. The van der Waals surface area contributed by atoms with E-state index in [1.807, 2.05) is 13.0 Å². The predicted octanol–water partition coefficient (Wildman–Crippen LogP) is 1.05. The van der Waals surface area contributed by atoms with Crippen molar-refractivity contribution in [3.8, 4) is 0 Å². The number of carbonyl (C=O) groups excluding carboxylic acids is 1. The third-order valence-electron chi connectivity index (χ3n) is 3.09. The molecule has 1 heterocycles. The van der Waals surface area contributed by atoms with E-state index in [4.69, 9.17) is 5.11 Å². The molecule has 1 aliphatic rings. The van der Waals surface area contributed by atoms with E-state index >= 15 is 0 Å². The van der Waals surface area contributed by atoms with Crippen LogP contribution in [0.4, 0.5) is 10.5 Å². The van der Waals surface area contributed by atoms with Gasteiger partial charge in [0.25, 0.3) is 0 Å². The molecule has 0 aliphatic carbocycles. The molecular formula is C13H16N2O4. The van der Waals surface area contributed by atoms with Gasteiger partial charge in [-0.3, -0.25) is 0 Å². The van der Waals surface area contributed by atoms with Crippen LogP contribution in [0.1, 0.15) is 12.0 Å². The van der Waals surface area contributed by atoms with Gasteiger partial charge in [0.05, 0.1) is 6.10 Å². The smallest absolute Gasteiger partial charge is 0.326 e. The van der Waals surface area contributed by atoms with Gasteiger partial charge in [-0.05, 0) is 24.6 Å². The van der Waals surface area contributed by atoms with Crippen molar-refractivity contribution in [3.63, 3.8) is 0 Å². The highest BCUT2D eigenvalue weighted by Gasteiger charge is 2.38. The van der Waals surface area contributed by atoms with Gasteiger partial charge in [-0.2, -0.15) is 0 Å². The number of aryl methyl sites for hydroxylation is 1. The number of carbonyl (C=O) groups is 2. The van der Waals surface area contributed by atoms with Crippen molar-refractivity contribution < 1.29 is 19.8 Å². The minimum Gasteiger partial charge on any atom is -0.480 e. The van der Waals surface area contributed by atoms with Crippen LogP contribution in [0.5, 0.6) is 0 Å². The third-order valence-corrected chi connectivity index (χ3v) is 3.09. The van der Waals surface area contributed by atoms with E-state index in [1.165, 1.54) is 0 Å². The molecule has 0 bridgehead atoms. The summed E-state index contributed by atoms with van der Waals surface area (Å²) < 4.78 is 0. The summed E-state index contributed by atoms with van der Waals surface area (Å²) in [6, 6.07) is 5.75. The molecule has 1 saturated heterocycles. The number of carboxylic acid groups (broad SMARTS) is 1. The Morgan fingerprint density at radius 3 is 2.79 bits per heavy atom. The van der Waals surface area contributed by atoms with Crippen LogP contribution in [0.15, 0.2) is 24.3 Å². The van der Waals surface area contributed by atoms with Crippen LogP contribution in [-0.2, 0) is 4.79 Å². The van der Waals surface area contributed by atoms with E-state index in [0.717, 1.165) is 10.5 Å². The summed E-state index contributed by atoms with van der Waals surface area (Å²) in [5.41, 5.74) is 1.60. The van der Waals surface area contributed by atoms with Gasteiger partial charge < -0.3 is 20.4 Å². The van der Waals surface area contributed by atoms with Gasteiger partial charge in [-0.1, -0.05) is 12.1 Å². The molecule has 2 amide bonds. The van der Waals surface area contributed by atoms with Crippen molar-refractivity contribution in [2.24, 2.45) is 0 Å². The van der Waals surface area contributed by atoms with Crippen molar-refractivity contribution in [2.75, 3.05) is 11.9 Å². The molecule has 102 valence electrons. The Morgan fingerprint density at radius 2 is 2.16 bits per heavy atom. The number of amides is 2. The van der Waals surface area contributed by atoms with E-state index in [2.05, 4.69) is 5.32 Å². The zero-order valence-corrected chi connectivity index (χ0v) is 10.5. The maximum atomic E-state index is 12.0. The molecule has 0 unspecified atom stereocenters. The fourth-order valence-electron chi connectivity index (χ4n) is 2.19. The number of nitrogens with zero attached hydrogens (tertiary/aromatic N) is 1. The maximum absolute atomic E-state index is 12.0. The Hall–Kier alpha value is -2.08. The predicted molar refractivity (Wildman–Crippen MR) is 69.0 cm³/mol. The second-order valence-corrected chi connectivity index (χ2v) is 4.70. The van der Waals surface area contributed by atoms with Gasteiger partial charge in [-0.25, -0.2) is 9.59 Å². The number of aliphatic hydroxyl groups excluding tert-OH is 1. The first-order valence-electron chi connectivity index (χ1n) is 6.02. The first-order valence-corrected chi connectivity index (χ1v) is 6.02. The van der Waals surface area contributed by atoms with Gasteiger partial charge in [0.2, 0.25) is 0 Å². The number of hydrogen-bond donors (Lipinski definition) is 3. The summed E-state index contributed by atoms with van der Waals surface area (Å²) >= 11 is 0. The van der Waals surface area contributed by atoms with Gasteiger partial charge in [0.1, 0.15) is 6.04 Å². The van der Waals surface area contributed by atoms with Crippen LogP contribution in [0.2, 0.25) is 0 Å². The molecule has 3 N–H and O–H groups in total. The average Bonchev–Trinajstić information content (AvgIpc) is 2.71. The zero-order valence-electron chi connectivity index (χ0n) is 10.5. The van der Waals surface area contributed by atoms with Crippen molar-refractivity contribution in [2.45, 2.75) is 25.5 Å². The lowest BCUT2D eigenvalue weighted by Gasteiger charge is -2.21. The summed E-state index contributed by atoms with van der Waals surface area (Å²) in [5, 5.41) is 21.2. The van der Waals surface area contributed by atoms with Gasteiger partial charge in [0.15, 0.2) is 0 Å². The van der Waals surface area contributed by atoms with Crippen molar-refractivity contribution in [1.82, 2.24) is 4.90 Å². The lowest BCUT2D eigenvalue weighted by molar-refractivity contribution is -0.141. The summed E-state index contributed by atoms with van der Waals surface area (Å²) in [6.45, 7) is 1.93. The fourth-order valence-corrected chi connectivity index (χ4v) is 2.19. The SMILES string of the molecule is Cc1cccc(NC(=O)N2C[C@H](O)C[C@@H]2C(=O)O)c1. The molecule has 1 fully saturated rings. The maximum Gasteiger partial charge on any atom is 0.326 e. The molecule has 2 rings (SSSR count). The number of aliphatic hydroxyl groups is 1. The topological polar surface area (TPSA) is 89.9 Å². The quantitative estimate of drug-likeness (QED) is 0.744. The summed E-state index contributed by atoms with van der Waals surface area (Å²) in [7, 11) is 0. The number of β-amino-alcohol motifs (C(OH)–C–C–N with tert-alkyl or cyclic N) is 1. The molecular weight excluding hydrogens is 248 g/mol. The van der Waals surface area contributed by atoms with E-state index in [-0.39, 0.29) is 13.0 Å². The van der Waals surface area contributed by atoms with Crippen LogP contribution in [0.25, 0.3) is 0 Å². The molecule has 6 heteroatoms. The van der Waals surface area contributed by atoms with Gasteiger partial charge in [-0.15, -0.1) is 0 Å². The van der Waals surface area contributed by atoms with E-state index in [9.17, 15) is 14.7 Å². The second kappa shape index (κ2) is 5.27. The molecule has 1 aromatic carbocycles. The molecule has 0 spiro atoms. The van der Waals surface area contributed by atoms with Crippen LogP contribution in [0.3, 0.4) is 0 Å². The molecule has 1 aliphatic heterocycles. The molecule has 0 radical (unpaired) electrons. The average molecular weight is 264 g/mol. The normalized spacial score (nSPS) is 22.3. The zero-order chi connectivity index (χ0) is 14.0. The number of carboxylic acids is 1. The number of urea groups is 1. The lowest BCUT2D eigenvalue weighted by atomic mass is 10.2. The van der Waals surface area contributed by atoms with E-state index in [1.54, 1.807) is 18.2 Å². The number of anilines is 1. The minimum absolute atomic E-state index is 0.0363. The van der Waals surface area contributed by atoms with Crippen LogP contribution >= 0.6 is 0 Å². The second-order valence-electron chi connectivity index (χ2n) is 4.70. The van der Waals surface area contributed by atoms with Crippen molar-refractivity contribution in [1.29, 1.82) is 0 Å². The number of rotatable bonds is 2. The number of hydrogen-bond acceptors (Lipinski definition) is 3. The number of benzene rings is 1. The van der Waals surface area contributed by atoms with Crippen LogP contribution < -0.4 is 5.32 Å². The van der Waals surface area contributed by atoms with Gasteiger partial charge >= 0.3 is 12.0 Å². The fraction of sp³-hybridized carbons (Fsp3) is 0.385. The highest BCUT2D eigenvalue weighted by atomic mass is 16.4. The van der Waals surface area contributed by atoms with Crippen LogP contribution in [-0.4, -0.2) is 45.8 Å². The molecule has 0 saturated carbocycles. The van der Waals surface area contributed by atoms with Crippen molar-refractivity contribution in [3.05, 3.63) is 29.8 Å². The first-order chi connectivity index (χ1) is 8.97. The first kappa shape index (κ1) is 13.4.